The monoisotopic (exact) mass is 186 g/mol. The van der Waals surface area contributed by atoms with E-state index in [0.717, 1.165) is 5.69 Å². The van der Waals surface area contributed by atoms with E-state index in [0.29, 0.717) is 6.42 Å². The number of primary sulfonamides is 1. The van der Waals surface area contributed by atoms with Crippen LogP contribution in [0.3, 0.4) is 0 Å². The molecule has 5 heteroatoms. The lowest BCUT2D eigenvalue weighted by Crippen LogP contribution is -2.14. The summed E-state index contributed by atoms with van der Waals surface area (Å²) in [6, 6.07) is 4.77. The Labute approximate surface area is 71.5 Å². The van der Waals surface area contributed by atoms with Crippen LogP contribution in [-0.4, -0.2) is 13.4 Å². The Hall–Kier alpha value is -0.940. The molecule has 2 N–H and O–H groups in total. The molecule has 0 aromatic carbocycles. The van der Waals surface area contributed by atoms with E-state index in [1.54, 1.807) is 12.1 Å². The fraction of sp³-hybridized carbons (Fsp3) is 0.286. The highest BCUT2D eigenvalue weighted by atomic mass is 32.2. The van der Waals surface area contributed by atoms with Gasteiger partial charge in [0.25, 0.3) is 10.0 Å². The van der Waals surface area contributed by atoms with E-state index in [2.05, 4.69) is 4.98 Å². The molecule has 66 valence electrons. The standard InChI is InChI=1S/C7H10N2O2S/c1-2-6-4-3-5-7(9-6)12(8,10)11/h3-5H,2H2,1H3,(H2,8,10,11). The molecule has 0 aliphatic heterocycles. The number of nitrogens with zero attached hydrogens (tertiary/aromatic N) is 1. The Balaban J connectivity index is 3.20. The first kappa shape index (κ1) is 9.15. The quantitative estimate of drug-likeness (QED) is 0.721. The Kier molecular flexibility index (Phi) is 2.44. The van der Waals surface area contributed by atoms with E-state index in [4.69, 9.17) is 5.14 Å². The second kappa shape index (κ2) is 3.20. The Morgan fingerprint density at radius 3 is 2.67 bits per heavy atom. The minimum absolute atomic E-state index is 0.0677. The van der Waals surface area contributed by atoms with Gasteiger partial charge < -0.3 is 0 Å². The smallest absolute Gasteiger partial charge is 0.240 e. The fourth-order valence-corrected chi connectivity index (χ4v) is 1.33. The number of sulfonamides is 1. The lowest BCUT2D eigenvalue weighted by Gasteiger charge is -1.98. The molecular formula is C7H10N2O2S. The average molecular weight is 186 g/mol. The third-order valence-electron chi connectivity index (χ3n) is 1.43. The van der Waals surface area contributed by atoms with Crippen molar-refractivity contribution in [3.8, 4) is 0 Å². The molecule has 1 rings (SSSR count). The molecule has 0 fully saturated rings. The molecular weight excluding hydrogens is 176 g/mol. The molecule has 0 aliphatic rings. The van der Waals surface area contributed by atoms with Crippen LogP contribution < -0.4 is 5.14 Å². The summed E-state index contributed by atoms with van der Waals surface area (Å²) < 4.78 is 21.6. The van der Waals surface area contributed by atoms with Crippen molar-refractivity contribution in [3.05, 3.63) is 23.9 Å². The van der Waals surface area contributed by atoms with Crippen molar-refractivity contribution in [1.29, 1.82) is 0 Å². The van der Waals surface area contributed by atoms with E-state index < -0.39 is 10.0 Å². The lowest BCUT2D eigenvalue weighted by atomic mass is 10.3. The Morgan fingerprint density at radius 1 is 1.50 bits per heavy atom. The van der Waals surface area contributed by atoms with Crippen molar-refractivity contribution in [2.45, 2.75) is 18.4 Å². The molecule has 1 heterocycles. The van der Waals surface area contributed by atoms with Crippen LogP contribution in [-0.2, 0) is 16.4 Å². The zero-order valence-corrected chi connectivity index (χ0v) is 7.50. The van der Waals surface area contributed by atoms with E-state index in [-0.39, 0.29) is 5.03 Å². The van der Waals surface area contributed by atoms with Gasteiger partial charge in [-0.15, -0.1) is 0 Å². The summed E-state index contributed by atoms with van der Waals surface area (Å²) in [6.07, 6.45) is 0.698. The van der Waals surface area contributed by atoms with Gasteiger partial charge in [-0.2, -0.15) is 0 Å². The highest BCUT2D eigenvalue weighted by Gasteiger charge is 2.08. The molecule has 0 atom stereocenters. The summed E-state index contributed by atoms with van der Waals surface area (Å²) in [5.41, 5.74) is 0.724. The van der Waals surface area contributed by atoms with Gasteiger partial charge >= 0.3 is 0 Å². The number of aryl methyl sites for hydroxylation is 1. The predicted octanol–water partition coefficient (Wildman–Crippen LogP) is 0.291. The van der Waals surface area contributed by atoms with Gasteiger partial charge in [0.2, 0.25) is 0 Å². The molecule has 12 heavy (non-hydrogen) atoms. The molecule has 0 amide bonds. The second-order valence-corrected chi connectivity index (χ2v) is 3.87. The summed E-state index contributed by atoms with van der Waals surface area (Å²) in [5.74, 6) is 0. The number of hydrogen-bond donors (Lipinski definition) is 1. The second-order valence-electron chi connectivity index (χ2n) is 2.37. The van der Waals surface area contributed by atoms with Gasteiger partial charge in [0.05, 0.1) is 0 Å². The largest absolute Gasteiger partial charge is 0.255 e. The summed E-state index contributed by atoms with van der Waals surface area (Å²) >= 11 is 0. The summed E-state index contributed by atoms with van der Waals surface area (Å²) in [4.78, 5) is 3.85. The molecule has 0 saturated carbocycles. The van der Waals surface area contributed by atoms with Crippen LogP contribution in [0.5, 0.6) is 0 Å². The molecule has 0 unspecified atom stereocenters. The van der Waals surface area contributed by atoms with Crippen molar-refractivity contribution < 1.29 is 8.42 Å². The van der Waals surface area contributed by atoms with E-state index in [1.165, 1.54) is 6.07 Å². The van der Waals surface area contributed by atoms with Gasteiger partial charge in [-0.05, 0) is 18.6 Å². The van der Waals surface area contributed by atoms with Crippen LogP contribution in [0.25, 0.3) is 0 Å². The molecule has 0 bridgehead atoms. The van der Waals surface area contributed by atoms with E-state index in [9.17, 15) is 8.42 Å². The number of aromatic nitrogens is 1. The van der Waals surface area contributed by atoms with Crippen molar-refractivity contribution in [2.75, 3.05) is 0 Å². The normalized spacial score (nSPS) is 11.5. The number of nitrogens with two attached hydrogens (primary N) is 1. The highest BCUT2D eigenvalue weighted by Crippen LogP contribution is 2.04. The van der Waals surface area contributed by atoms with Crippen molar-refractivity contribution in [1.82, 2.24) is 4.98 Å². The van der Waals surface area contributed by atoms with E-state index >= 15 is 0 Å². The van der Waals surface area contributed by atoms with Crippen molar-refractivity contribution >= 4 is 10.0 Å². The Morgan fingerprint density at radius 2 is 2.17 bits per heavy atom. The summed E-state index contributed by atoms with van der Waals surface area (Å²) in [5, 5.41) is 4.82. The SMILES string of the molecule is CCc1cccc(S(N)(=O)=O)n1. The molecule has 0 saturated heterocycles. The zero-order valence-electron chi connectivity index (χ0n) is 6.69. The van der Waals surface area contributed by atoms with Gasteiger partial charge in [0, 0.05) is 5.69 Å². The van der Waals surface area contributed by atoms with Crippen LogP contribution in [0.4, 0.5) is 0 Å². The Bertz CT molecular complexity index is 373. The number of rotatable bonds is 2. The minimum Gasteiger partial charge on any atom is -0.240 e. The van der Waals surface area contributed by atoms with Gasteiger partial charge in [0.15, 0.2) is 5.03 Å². The first-order chi connectivity index (χ1) is 5.54. The van der Waals surface area contributed by atoms with Gasteiger partial charge in [-0.1, -0.05) is 13.0 Å². The van der Waals surface area contributed by atoms with Crippen molar-refractivity contribution in [2.24, 2.45) is 5.14 Å². The first-order valence-electron chi connectivity index (χ1n) is 3.53. The van der Waals surface area contributed by atoms with Gasteiger partial charge in [-0.25, -0.2) is 18.5 Å². The molecule has 1 aromatic rings. The van der Waals surface area contributed by atoms with Crippen LogP contribution in [0, 0.1) is 0 Å². The molecule has 4 nitrogen and oxygen atoms in total. The van der Waals surface area contributed by atoms with Crippen molar-refractivity contribution in [3.63, 3.8) is 0 Å². The molecule has 0 radical (unpaired) electrons. The van der Waals surface area contributed by atoms with Gasteiger partial charge in [-0.3, -0.25) is 0 Å². The van der Waals surface area contributed by atoms with Crippen LogP contribution >= 0.6 is 0 Å². The number of hydrogen-bond acceptors (Lipinski definition) is 3. The minimum atomic E-state index is -3.65. The summed E-state index contributed by atoms with van der Waals surface area (Å²) in [7, 11) is -3.65. The molecule has 1 aromatic heterocycles. The first-order valence-corrected chi connectivity index (χ1v) is 5.07. The summed E-state index contributed by atoms with van der Waals surface area (Å²) in [6.45, 7) is 1.90. The maximum atomic E-state index is 10.8. The van der Waals surface area contributed by atoms with E-state index in [1.807, 2.05) is 6.92 Å². The van der Waals surface area contributed by atoms with Crippen LogP contribution in [0.1, 0.15) is 12.6 Å². The average Bonchev–Trinajstić information content (AvgIpc) is 2.03. The van der Waals surface area contributed by atoms with Crippen LogP contribution in [0.15, 0.2) is 23.2 Å². The zero-order chi connectivity index (χ0) is 9.19. The van der Waals surface area contributed by atoms with Gasteiger partial charge in [0.1, 0.15) is 0 Å². The molecule has 0 aliphatic carbocycles. The fourth-order valence-electron chi connectivity index (χ4n) is 0.813. The lowest BCUT2D eigenvalue weighted by molar-refractivity contribution is 0.593. The maximum absolute atomic E-state index is 10.8. The van der Waals surface area contributed by atoms with Crippen LogP contribution in [0.2, 0.25) is 0 Å². The third kappa shape index (κ3) is 2.02. The molecule has 0 spiro atoms. The number of pyridine rings is 1. The highest BCUT2D eigenvalue weighted by molar-refractivity contribution is 7.89. The third-order valence-corrected chi connectivity index (χ3v) is 2.25. The maximum Gasteiger partial charge on any atom is 0.255 e. The predicted molar refractivity (Wildman–Crippen MR) is 45.0 cm³/mol. The topological polar surface area (TPSA) is 73.1 Å².